The summed E-state index contributed by atoms with van der Waals surface area (Å²) in [5.41, 5.74) is 0. The SMILES string of the molecule is CC(C)C(=O)NCCCS(=O)(=O)[O-].CC(C)C(=O)NCCCS(=O)(=O)[O-].CCCC(=O)NCCCS(=O)(=O)[O-].[Ca+2].[Ca+2].[Mg+2]. The molecule has 15 nitrogen and oxygen atoms in total. The molecule has 0 bridgehead atoms. The molecule has 0 saturated carbocycles. The molecule has 0 atom stereocenters. The molecule has 0 aromatic heterocycles. The van der Waals surface area contributed by atoms with E-state index < -0.39 is 47.6 Å². The Bertz CT molecular complexity index is 988. The van der Waals surface area contributed by atoms with Crippen LogP contribution in [-0.4, -0.2) is 192 Å². The van der Waals surface area contributed by atoms with Crippen LogP contribution in [0.4, 0.5) is 0 Å². The molecule has 0 rings (SSSR count). The van der Waals surface area contributed by atoms with Crippen LogP contribution in [0.5, 0.6) is 0 Å². The Hall–Kier alpha value is 1.43. The monoisotopic (exact) mass is 728 g/mol. The second-order valence-electron chi connectivity index (χ2n) is 8.84. The molecule has 3 N–H and O–H groups in total. The molecular formula is C21H42Ca2MgN3O12S3+3. The third kappa shape index (κ3) is 51.0. The van der Waals surface area contributed by atoms with Crippen molar-refractivity contribution in [2.75, 3.05) is 36.9 Å². The van der Waals surface area contributed by atoms with Crippen LogP contribution in [0.3, 0.4) is 0 Å². The van der Waals surface area contributed by atoms with Crippen molar-refractivity contribution in [1.82, 2.24) is 16.0 Å². The number of amides is 3. The molecule has 0 unspecified atom stereocenters. The molecule has 234 valence electrons. The minimum absolute atomic E-state index is 0. The summed E-state index contributed by atoms with van der Waals surface area (Å²) < 4.78 is 91.2. The molecule has 42 heavy (non-hydrogen) atoms. The first-order valence-corrected chi connectivity index (χ1v) is 17.0. The molecule has 0 fully saturated rings. The van der Waals surface area contributed by atoms with Gasteiger partial charge in [0.05, 0.1) is 30.4 Å². The fraction of sp³-hybridized carbons (Fsp3) is 0.857. The van der Waals surface area contributed by atoms with E-state index in [4.69, 9.17) is 0 Å². The zero-order valence-corrected chi connectivity index (χ0v) is 33.5. The van der Waals surface area contributed by atoms with Crippen LogP contribution in [0.2, 0.25) is 0 Å². The van der Waals surface area contributed by atoms with Gasteiger partial charge in [-0.05, 0) is 25.7 Å². The smallest absolute Gasteiger partial charge is 0.748 e. The van der Waals surface area contributed by atoms with Crippen molar-refractivity contribution in [3.8, 4) is 0 Å². The van der Waals surface area contributed by atoms with Crippen LogP contribution in [0.15, 0.2) is 0 Å². The number of nitrogens with one attached hydrogen (secondary N) is 3. The second kappa shape index (κ2) is 31.0. The maximum atomic E-state index is 10.9. The van der Waals surface area contributed by atoms with Gasteiger partial charge in [0, 0.05) is 55.1 Å². The van der Waals surface area contributed by atoms with Crippen LogP contribution in [0.25, 0.3) is 0 Å². The molecule has 21 heteroatoms. The fourth-order valence-electron chi connectivity index (χ4n) is 2.12. The van der Waals surface area contributed by atoms with Gasteiger partial charge < -0.3 is 29.6 Å². The van der Waals surface area contributed by atoms with Gasteiger partial charge in [-0.15, -0.1) is 0 Å². The average Bonchev–Trinajstić information content (AvgIpc) is 2.76. The zero-order chi connectivity index (χ0) is 31.3. The van der Waals surface area contributed by atoms with E-state index >= 15 is 0 Å². The van der Waals surface area contributed by atoms with Crippen LogP contribution >= 0.6 is 0 Å². The largest absolute Gasteiger partial charge is 2.00 e. The van der Waals surface area contributed by atoms with Crippen molar-refractivity contribution in [3.05, 3.63) is 0 Å². The minimum atomic E-state index is -4.14. The third-order valence-electron chi connectivity index (χ3n) is 4.16. The number of rotatable bonds is 16. The van der Waals surface area contributed by atoms with Crippen molar-refractivity contribution in [2.45, 2.75) is 66.7 Å². The first kappa shape index (κ1) is 55.8. The number of hydrogen-bond donors (Lipinski definition) is 3. The predicted molar refractivity (Wildman–Crippen MR) is 158 cm³/mol. The first-order valence-electron chi connectivity index (χ1n) is 12.2. The van der Waals surface area contributed by atoms with Gasteiger partial charge >= 0.3 is 98.5 Å². The summed E-state index contributed by atoms with van der Waals surface area (Å²) in [5.74, 6) is -1.89. The molecule has 0 radical (unpaired) electrons. The number of carbonyl (C=O) groups is 3. The summed E-state index contributed by atoms with van der Waals surface area (Å²) in [6.07, 6.45) is 1.71. The Morgan fingerprint density at radius 2 is 0.857 bits per heavy atom. The van der Waals surface area contributed by atoms with E-state index in [0.29, 0.717) is 6.42 Å². The minimum Gasteiger partial charge on any atom is -0.748 e. The Morgan fingerprint density at radius 1 is 0.595 bits per heavy atom. The van der Waals surface area contributed by atoms with Crippen molar-refractivity contribution < 1.29 is 53.3 Å². The maximum absolute atomic E-state index is 10.9. The van der Waals surface area contributed by atoms with E-state index in [2.05, 4.69) is 16.0 Å². The summed E-state index contributed by atoms with van der Waals surface area (Å²) in [4.78, 5) is 32.7. The van der Waals surface area contributed by atoms with Gasteiger partial charge in [0.25, 0.3) is 0 Å². The molecule has 0 aliphatic carbocycles. The van der Waals surface area contributed by atoms with E-state index in [9.17, 15) is 53.3 Å². The normalized spacial score (nSPS) is 10.7. The quantitative estimate of drug-likeness (QED) is 0.0893. The van der Waals surface area contributed by atoms with Crippen molar-refractivity contribution in [1.29, 1.82) is 0 Å². The molecule has 0 aliphatic rings. The summed E-state index contributed by atoms with van der Waals surface area (Å²) >= 11 is 0. The Morgan fingerprint density at radius 3 is 1.07 bits per heavy atom. The Labute approximate surface area is 327 Å². The van der Waals surface area contributed by atoms with Crippen LogP contribution in [-0.2, 0) is 44.7 Å². The van der Waals surface area contributed by atoms with Gasteiger partial charge in [-0.1, -0.05) is 34.6 Å². The molecule has 0 heterocycles. The van der Waals surface area contributed by atoms with E-state index in [1.165, 1.54) is 0 Å². The van der Waals surface area contributed by atoms with E-state index in [0.717, 1.165) is 6.42 Å². The van der Waals surface area contributed by atoms with Crippen LogP contribution < -0.4 is 16.0 Å². The van der Waals surface area contributed by atoms with Gasteiger partial charge in [-0.3, -0.25) is 14.4 Å². The fourth-order valence-corrected chi connectivity index (χ4v) is 3.62. The molecule has 0 aromatic rings. The Balaban J connectivity index is -0.000000112. The topological polar surface area (TPSA) is 259 Å². The van der Waals surface area contributed by atoms with Crippen LogP contribution in [0.1, 0.15) is 66.7 Å². The van der Waals surface area contributed by atoms with Crippen molar-refractivity contribution in [3.63, 3.8) is 0 Å². The van der Waals surface area contributed by atoms with Crippen molar-refractivity contribution >= 4 is 147 Å². The van der Waals surface area contributed by atoms with Gasteiger partial charge in [-0.2, -0.15) is 0 Å². The third-order valence-corrected chi connectivity index (χ3v) is 6.53. The maximum Gasteiger partial charge on any atom is 2.00 e. The molecule has 0 aliphatic heterocycles. The number of hydrogen-bond acceptors (Lipinski definition) is 12. The average molecular weight is 729 g/mol. The van der Waals surface area contributed by atoms with Gasteiger partial charge in [0.1, 0.15) is 0 Å². The van der Waals surface area contributed by atoms with Crippen LogP contribution in [0, 0.1) is 11.8 Å². The van der Waals surface area contributed by atoms with Crippen molar-refractivity contribution in [2.24, 2.45) is 11.8 Å². The van der Waals surface area contributed by atoms with E-state index in [1.54, 1.807) is 27.7 Å². The summed E-state index contributed by atoms with van der Waals surface area (Å²) in [6.45, 7) is 9.54. The Kier molecular flexibility index (Phi) is 41.3. The zero-order valence-electron chi connectivity index (χ0n) is 25.2. The first-order chi connectivity index (χ1) is 17.6. The number of carbonyl (C=O) groups excluding carboxylic acids is 3. The van der Waals surface area contributed by atoms with Gasteiger partial charge in [0.15, 0.2) is 0 Å². The molecule has 3 amide bonds. The summed E-state index contributed by atoms with van der Waals surface area (Å²) in [7, 11) is -12.4. The van der Waals surface area contributed by atoms with Gasteiger partial charge in [-0.25, -0.2) is 25.3 Å². The molecule has 0 saturated heterocycles. The molecule has 0 spiro atoms. The molecular weight excluding hydrogens is 687 g/mol. The summed E-state index contributed by atoms with van der Waals surface area (Å²) in [6, 6.07) is 0. The standard InChI is InChI=1S/3C7H15NO4S.2Ca.Mg/c2*1-6(2)7(9)8-4-3-5-13(10,11)12;1-2-4-7(9)8-5-3-6-13(10,11)12;;;/h2*6H,3-5H2,1-2H3,(H,8,9)(H,10,11,12);2-6H2,1H3,(H,8,9)(H,10,11,12);;;/q;;;3*+2/p-3. The van der Waals surface area contributed by atoms with Gasteiger partial charge in [0.2, 0.25) is 17.7 Å². The molecule has 0 aromatic carbocycles. The second-order valence-corrected chi connectivity index (χ2v) is 13.4. The van der Waals surface area contributed by atoms with E-state index in [1.807, 2.05) is 6.92 Å². The predicted octanol–water partition coefficient (Wildman–Crippen LogP) is -1.92. The van der Waals surface area contributed by atoms with E-state index in [-0.39, 0.29) is 167 Å². The summed E-state index contributed by atoms with van der Waals surface area (Å²) in [5, 5.41) is 7.54.